The zero-order valence-electron chi connectivity index (χ0n) is 13.5. The van der Waals surface area contributed by atoms with Crippen LogP contribution in [-0.2, 0) is 6.54 Å². The Morgan fingerprint density at radius 3 is 2.17 bits per heavy atom. The standard InChI is InChI=1S/C19H20N2O3/c1-3-12-24-17-10-8-16(9-11-17)19(23)21-13-14-4-6-15(7-5-14)18(22)20-2/h3-11H,1,12-13H2,2H3,(H,20,22)(H,21,23). The van der Waals surface area contributed by atoms with Crippen LogP contribution in [0.15, 0.2) is 61.2 Å². The molecule has 0 aliphatic heterocycles. The second-order valence-corrected chi connectivity index (χ2v) is 5.08. The van der Waals surface area contributed by atoms with Crippen molar-refractivity contribution in [1.29, 1.82) is 0 Å². The highest BCUT2D eigenvalue weighted by molar-refractivity contribution is 5.94. The summed E-state index contributed by atoms with van der Waals surface area (Å²) >= 11 is 0. The average molecular weight is 324 g/mol. The average Bonchev–Trinajstić information content (AvgIpc) is 2.64. The lowest BCUT2D eigenvalue weighted by molar-refractivity contribution is 0.0946. The molecule has 0 spiro atoms. The lowest BCUT2D eigenvalue weighted by Gasteiger charge is -2.08. The summed E-state index contributed by atoms with van der Waals surface area (Å²) in [6.07, 6.45) is 1.66. The molecule has 0 heterocycles. The van der Waals surface area contributed by atoms with Crippen LogP contribution < -0.4 is 15.4 Å². The maximum absolute atomic E-state index is 12.1. The third kappa shape index (κ3) is 4.71. The van der Waals surface area contributed by atoms with E-state index >= 15 is 0 Å². The second-order valence-electron chi connectivity index (χ2n) is 5.08. The Morgan fingerprint density at radius 1 is 1.00 bits per heavy atom. The van der Waals surface area contributed by atoms with Gasteiger partial charge in [-0.25, -0.2) is 0 Å². The Balaban J connectivity index is 1.90. The van der Waals surface area contributed by atoms with E-state index in [1.807, 2.05) is 12.1 Å². The molecule has 2 aromatic carbocycles. The number of ether oxygens (including phenoxy) is 1. The monoisotopic (exact) mass is 324 g/mol. The van der Waals surface area contributed by atoms with Crippen LogP contribution >= 0.6 is 0 Å². The van der Waals surface area contributed by atoms with Crippen molar-refractivity contribution in [1.82, 2.24) is 10.6 Å². The van der Waals surface area contributed by atoms with Crippen LogP contribution in [0, 0.1) is 0 Å². The largest absolute Gasteiger partial charge is 0.490 e. The van der Waals surface area contributed by atoms with Crippen molar-refractivity contribution in [2.24, 2.45) is 0 Å². The number of carbonyl (C=O) groups is 2. The number of hydrogen-bond donors (Lipinski definition) is 2. The third-order valence-electron chi connectivity index (χ3n) is 3.38. The van der Waals surface area contributed by atoms with Gasteiger partial charge in [-0.05, 0) is 42.0 Å². The maximum Gasteiger partial charge on any atom is 0.251 e. The molecule has 2 amide bonds. The van der Waals surface area contributed by atoms with Crippen molar-refractivity contribution >= 4 is 11.8 Å². The van der Waals surface area contributed by atoms with Gasteiger partial charge in [0.1, 0.15) is 12.4 Å². The van der Waals surface area contributed by atoms with E-state index in [2.05, 4.69) is 17.2 Å². The Morgan fingerprint density at radius 2 is 1.58 bits per heavy atom. The van der Waals surface area contributed by atoms with Crippen LogP contribution in [0.4, 0.5) is 0 Å². The number of hydrogen-bond acceptors (Lipinski definition) is 3. The number of rotatable bonds is 7. The second kappa shape index (κ2) is 8.53. The highest BCUT2D eigenvalue weighted by Gasteiger charge is 2.06. The van der Waals surface area contributed by atoms with Gasteiger partial charge in [0.2, 0.25) is 0 Å². The molecule has 0 atom stereocenters. The quantitative estimate of drug-likeness (QED) is 0.769. The molecule has 0 fully saturated rings. The summed E-state index contributed by atoms with van der Waals surface area (Å²) in [5, 5.41) is 5.41. The van der Waals surface area contributed by atoms with Gasteiger partial charge in [0.15, 0.2) is 0 Å². The minimum absolute atomic E-state index is 0.135. The first-order chi connectivity index (χ1) is 11.6. The van der Waals surface area contributed by atoms with Crippen molar-refractivity contribution in [3.63, 3.8) is 0 Å². The molecule has 5 nitrogen and oxygen atoms in total. The number of amides is 2. The first-order valence-corrected chi connectivity index (χ1v) is 7.57. The van der Waals surface area contributed by atoms with Gasteiger partial charge in [-0.15, -0.1) is 0 Å². The normalized spacial score (nSPS) is 9.88. The molecule has 124 valence electrons. The van der Waals surface area contributed by atoms with E-state index in [1.165, 1.54) is 0 Å². The van der Waals surface area contributed by atoms with Crippen molar-refractivity contribution in [3.05, 3.63) is 77.9 Å². The van der Waals surface area contributed by atoms with E-state index in [4.69, 9.17) is 4.74 Å². The predicted molar refractivity (Wildman–Crippen MR) is 93.1 cm³/mol. The van der Waals surface area contributed by atoms with E-state index in [9.17, 15) is 9.59 Å². The minimum Gasteiger partial charge on any atom is -0.490 e. The molecule has 0 saturated carbocycles. The van der Waals surface area contributed by atoms with Gasteiger partial charge in [0, 0.05) is 24.7 Å². The van der Waals surface area contributed by atoms with Crippen LogP contribution in [0.1, 0.15) is 26.3 Å². The van der Waals surface area contributed by atoms with Crippen LogP contribution in [0.2, 0.25) is 0 Å². The fourth-order valence-corrected chi connectivity index (χ4v) is 2.06. The molecule has 5 heteroatoms. The molecular weight excluding hydrogens is 304 g/mol. The van der Waals surface area contributed by atoms with Gasteiger partial charge in [-0.1, -0.05) is 24.8 Å². The Hall–Kier alpha value is -3.08. The first kappa shape index (κ1) is 17.3. The predicted octanol–water partition coefficient (Wildman–Crippen LogP) is 2.54. The Kier molecular flexibility index (Phi) is 6.14. The number of benzene rings is 2. The molecule has 0 aliphatic carbocycles. The smallest absolute Gasteiger partial charge is 0.251 e. The van der Waals surface area contributed by atoms with Crippen molar-refractivity contribution < 1.29 is 14.3 Å². The SMILES string of the molecule is C=CCOc1ccc(C(=O)NCc2ccc(C(=O)NC)cc2)cc1. The van der Waals surface area contributed by atoms with E-state index in [1.54, 1.807) is 49.5 Å². The van der Waals surface area contributed by atoms with E-state index in [0.29, 0.717) is 30.0 Å². The van der Waals surface area contributed by atoms with Gasteiger partial charge in [0.25, 0.3) is 11.8 Å². The first-order valence-electron chi connectivity index (χ1n) is 7.57. The molecule has 2 aromatic rings. The lowest BCUT2D eigenvalue weighted by atomic mass is 10.1. The molecule has 2 rings (SSSR count). The Labute approximate surface area is 141 Å². The molecular formula is C19H20N2O3. The number of nitrogens with one attached hydrogen (secondary N) is 2. The highest BCUT2D eigenvalue weighted by atomic mass is 16.5. The number of carbonyl (C=O) groups excluding carboxylic acids is 2. The Bertz CT molecular complexity index is 706. The minimum atomic E-state index is -0.166. The van der Waals surface area contributed by atoms with Gasteiger partial charge in [-0.2, -0.15) is 0 Å². The highest BCUT2D eigenvalue weighted by Crippen LogP contribution is 2.12. The van der Waals surface area contributed by atoms with E-state index in [0.717, 1.165) is 5.56 Å². The fourth-order valence-electron chi connectivity index (χ4n) is 2.06. The summed E-state index contributed by atoms with van der Waals surface area (Å²) in [4.78, 5) is 23.6. The molecule has 0 saturated heterocycles. The molecule has 0 unspecified atom stereocenters. The van der Waals surface area contributed by atoms with E-state index < -0.39 is 0 Å². The zero-order chi connectivity index (χ0) is 17.4. The van der Waals surface area contributed by atoms with Gasteiger partial charge in [0.05, 0.1) is 0 Å². The van der Waals surface area contributed by atoms with Crippen LogP contribution in [0.25, 0.3) is 0 Å². The molecule has 0 aliphatic rings. The summed E-state index contributed by atoms with van der Waals surface area (Å²) in [5.41, 5.74) is 2.06. The summed E-state index contributed by atoms with van der Waals surface area (Å²) < 4.78 is 5.38. The van der Waals surface area contributed by atoms with Crippen LogP contribution in [-0.4, -0.2) is 25.5 Å². The van der Waals surface area contributed by atoms with E-state index in [-0.39, 0.29) is 11.8 Å². The van der Waals surface area contributed by atoms with Crippen molar-refractivity contribution in [3.8, 4) is 5.75 Å². The molecule has 2 N–H and O–H groups in total. The van der Waals surface area contributed by atoms with Gasteiger partial charge in [-0.3, -0.25) is 9.59 Å². The van der Waals surface area contributed by atoms with Crippen LogP contribution in [0.5, 0.6) is 5.75 Å². The van der Waals surface area contributed by atoms with Crippen molar-refractivity contribution in [2.45, 2.75) is 6.54 Å². The summed E-state index contributed by atoms with van der Waals surface area (Å²) in [7, 11) is 1.59. The molecule has 0 bridgehead atoms. The summed E-state index contributed by atoms with van der Waals surface area (Å²) in [5.74, 6) is 0.390. The third-order valence-corrected chi connectivity index (χ3v) is 3.38. The van der Waals surface area contributed by atoms with Gasteiger partial charge < -0.3 is 15.4 Å². The zero-order valence-corrected chi connectivity index (χ0v) is 13.5. The summed E-state index contributed by atoms with van der Waals surface area (Å²) in [6, 6.07) is 14.0. The molecule has 0 radical (unpaired) electrons. The van der Waals surface area contributed by atoms with Gasteiger partial charge >= 0.3 is 0 Å². The lowest BCUT2D eigenvalue weighted by Crippen LogP contribution is -2.23. The molecule has 24 heavy (non-hydrogen) atoms. The molecule has 0 aromatic heterocycles. The summed E-state index contributed by atoms with van der Waals surface area (Å²) in [6.45, 7) is 4.40. The topological polar surface area (TPSA) is 67.4 Å². The maximum atomic E-state index is 12.1. The fraction of sp³-hybridized carbons (Fsp3) is 0.158. The van der Waals surface area contributed by atoms with Crippen molar-refractivity contribution in [2.75, 3.05) is 13.7 Å². The van der Waals surface area contributed by atoms with Crippen LogP contribution in [0.3, 0.4) is 0 Å².